The highest BCUT2D eigenvalue weighted by Gasteiger charge is 2.34. The summed E-state index contributed by atoms with van der Waals surface area (Å²) in [5, 5.41) is 10.6. The van der Waals surface area contributed by atoms with Gasteiger partial charge in [-0.05, 0) is 44.2 Å². The first-order chi connectivity index (χ1) is 16.4. The second-order valence-electron chi connectivity index (χ2n) is 8.29. The highest BCUT2D eigenvalue weighted by Crippen LogP contribution is 2.37. The number of pyridine rings is 4. The van der Waals surface area contributed by atoms with Crippen molar-refractivity contribution < 1.29 is 13.2 Å². The van der Waals surface area contributed by atoms with Crippen molar-refractivity contribution in [2.75, 3.05) is 16.5 Å². The van der Waals surface area contributed by atoms with Crippen molar-refractivity contribution in [1.29, 1.82) is 5.26 Å². The van der Waals surface area contributed by atoms with Gasteiger partial charge in [0.25, 0.3) is 0 Å². The average molecular weight is 479 g/mol. The molecule has 6 N–H and O–H groups in total. The van der Waals surface area contributed by atoms with Gasteiger partial charge >= 0.3 is 6.18 Å². The Kier molecular flexibility index (Phi) is 5.66. The fourth-order valence-corrected chi connectivity index (χ4v) is 3.41. The molecular weight excluding hydrogens is 459 g/mol. The van der Waals surface area contributed by atoms with Crippen LogP contribution in [-0.4, -0.2) is 19.9 Å². The molecule has 0 aliphatic carbocycles. The predicted molar refractivity (Wildman–Crippen MR) is 126 cm³/mol. The van der Waals surface area contributed by atoms with Crippen molar-refractivity contribution in [1.82, 2.24) is 19.9 Å². The SMILES string of the molecule is CC(C)(C#N)c1ccc(N(N)c2c(N)cnc3ccc(-c4cnc(N)c(C(F)(F)F)c4)nc23)cn1. The molecule has 12 heteroatoms. The first-order valence-electron chi connectivity index (χ1n) is 10.2. The van der Waals surface area contributed by atoms with Crippen molar-refractivity contribution in [2.24, 2.45) is 5.84 Å². The quantitative estimate of drug-likeness (QED) is 0.290. The standard InChI is InChI=1S/C23H20F3N9/c1-22(2,11-27)18-6-3-13(9-32-18)35(30)20-15(28)10-31-17-5-4-16(34-19(17)20)12-7-14(23(24,25)26)21(29)33-8-12/h3-10H,28,30H2,1-2H3,(H2,29,33). The Balaban J connectivity index is 1.82. The molecule has 0 fully saturated rings. The molecule has 0 radical (unpaired) electrons. The van der Waals surface area contributed by atoms with Crippen LogP contribution in [0.1, 0.15) is 25.1 Å². The summed E-state index contributed by atoms with van der Waals surface area (Å²) in [6.07, 6.45) is -0.568. The molecule has 4 heterocycles. The second-order valence-corrected chi connectivity index (χ2v) is 8.29. The van der Waals surface area contributed by atoms with Gasteiger partial charge in [-0.15, -0.1) is 0 Å². The zero-order valence-corrected chi connectivity index (χ0v) is 18.7. The third-order valence-electron chi connectivity index (χ3n) is 5.42. The van der Waals surface area contributed by atoms with Crippen molar-refractivity contribution in [2.45, 2.75) is 25.4 Å². The van der Waals surface area contributed by atoms with E-state index < -0.39 is 23.0 Å². The van der Waals surface area contributed by atoms with Crippen LogP contribution in [0.15, 0.2) is 48.9 Å². The Hall–Kier alpha value is -4.50. The molecule has 0 spiro atoms. The Bertz CT molecular complexity index is 1460. The van der Waals surface area contributed by atoms with E-state index in [0.29, 0.717) is 16.9 Å². The molecule has 0 saturated heterocycles. The number of aromatic nitrogens is 4. The highest BCUT2D eigenvalue weighted by atomic mass is 19.4. The number of anilines is 4. The molecule has 0 aliphatic rings. The van der Waals surface area contributed by atoms with Crippen LogP contribution >= 0.6 is 0 Å². The normalized spacial score (nSPS) is 11.9. The van der Waals surface area contributed by atoms with Gasteiger partial charge in [0, 0.05) is 11.8 Å². The zero-order chi connectivity index (χ0) is 25.5. The number of halogens is 3. The molecule has 0 atom stereocenters. The number of fused-ring (bicyclic) bond motifs is 1. The monoisotopic (exact) mass is 479 g/mol. The van der Waals surface area contributed by atoms with E-state index in [1.54, 1.807) is 32.0 Å². The molecule has 4 aromatic heterocycles. The number of nitrogens with zero attached hydrogens (tertiary/aromatic N) is 6. The number of alkyl halides is 3. The molecule has 4 rings (SSSR count). The molecule has 0 aliphatic heterocycles. The Morgan fingerprint density at radius 2 is 1.71 bits per heavy atom. The van der Waals surface area contributed by atoms with Gasteiger partial charge in [-0.3, -0.25) is 15.0 Å². The predicted octanol–water partition coefficient (Wildman–Crippen LogP) is 4.08. The first-order valence-corrected chi connectivity index (χ1v) is 10.2. The molecule has 9 nitrogen and oxygen atoms in total. The van der Waals surface area contributed by atoms with Gasteiger partial charge in [0.15, 0.2) is 0 Å². The number of hydrazine groups is 1. The van der Waals surface area contributed by atoms with Crippen LogP contribution in [0.25, 0.3) is 22.3 Å². The number of nitrogen functional groups attached to an aromatic ring is 2. The summed E-state index contributed by atoms with van der Waals surface area (Å²) in [5.74, 6) is 5.74. The molecule has 0 amide bonds. The summed E-state index contributed by atoms with van der Waals surface area (Å²) in [4.78, 5) is 16.8. The van der Waals surface area contributed by atoms with E-state index in [-0.39, 0.29) is 28.1 Å². The van der Waals surface area contributed by atoms with Crippen LogP contribution in [0, 0.1) is 11.3 Å². The van der Waals surface area contributed by atoms with E-state index in [4.69, 9.17) is 17.3 Å². The molecule has 35 heavy (non-hydrogen) atoms. The number of hydrogen-bond acceptors (Lipinski definition) is 9. The third-order valence-corrected chi connectivity index (χ3v) is 5.42. The van der Waals surface area contributed by atoms with E-state index >= 15 is 0 Å². The Morgan fingerprint density at radius 3 is 2.34 bits per heavy atom. The van der Waals surface area contributed by atoms with Crippen LogP contribution in [0.2, 0.25) is 0 Å². The van der Waals surface area contributed by atoms with Gasteiger partial charge in [0.2, 0.25) is 0 Å². The third kappa shape index (κ3) is 4.36. The fraction of sp³-hybridized carbons (Fsp3) is 0.174. The number of nitrogens with two attached hydrogens (primary N) is 3. The topological polar surface area (TPSA) is 157 Å². The molecule has 0 bridgehead atoms. The highest BCUT2D eigenvalue weighted by molar-refractivity contribution is 5.97. The van der Waals surface area contributed by atoms with Crippen LogP contribution in [0.3, 0.4) is 0 Å². The lowest BCUT2D eigenvalue weighted by molar-refractivity contribution is -0.137. The molecule has 0 unspecified atom stereocenters. The summed E-state index contributed by atoms with van der Waals surface area (Å²) in [5.41, 5.74) is 12.2. The fourth-order valence-electron chi connectivity index (χ4n) is 3.41. The first kappa shape index (κ1) is 23.7. The minimum atomic E-state index is -4.67. The van der Waals surface area contributed by atoms with Crippen molar-refractivity contribution in [3.8, 4) is 17.3 Å². The van der Waals surface area contributed by atoms with Gasteiger partial charge < -0.3 is 11.5 Å². The maximum absolute atomic E-state index is 13.3. The van der Waals surface area contributed by atoms with Gasteiger partial charge in [0.1, 0.15) is 17.0 Å². The van der Waals surface area contributed by atoms with Gasteiger partial charge in [-0.2, -0.15) is 18.4 Å². The van der Waals surface area contributed by atoms with Gasteiger partial charge in [-0.1, -0.05) is 0 Å². The van der Waals surface area contributed by atoms with Crippen LogP contribution in [0.5, 0.6) is 0 Å². The van der Waals surface area contributed by atoms with E-state index in [1.165, 1.54) is 29.7 Å². The van der Waals surface area contributed by atoms with Crippen LogP contribution in [0.4, 0.5) is 36.1 Å². The van der Waals surface area contributed by atoms with E-state index in [9.17, 15) is 18.4 Å². The number of nitriles is 1. The maximum atomic E-state index is 13.3. The minimum absolute atomic E-state index is 0.107. The Labute approximate surface area is 198 Å². The molecule has 4 aromatic rings. The lowest BCUT2D eigenvalue weighted by Crippen LogP contribution is -2.27. The summed E-state index contributed by atoms with van der Waals surface area (Å²) in [7, 11) is 0. The summed E-state index contributed by atoms with van der Waals surface area (Å²) < 4.78 is 40.0. The zero-order valence-electron chi connectivity index (χ0n) is 18.7. The lowest BCUT2D eigenvalue weighted by Gasteiger charge is -2.22. The minimum Gasteiger partial charge on any atom is -0.396 e. The average Bonchev–Trinajstić information content (AvgIpc) is 2.83. The molecule has 0 saturated carbocycles. The summed E-state index contributed by atoms with van der Waals surface area (Å²) in [6.45, 7) is 3.48. The summed E-state index contributed by atoms with van der Waals surface area (Å²) in [6, 6.07) is 9.53. The van der Waals surface area contributed by atoms with E-state index in [2.05, 4.69) is 26.0 Å². The van der Waals surface area contributed by atoms with Gasteiger partial charge in [0.05, 0.1) is 57.7 Å². The number of rotatable bonds is 4. The van der Waals surface area contributed by atoms with Crippen molar-refractivity contribution in [3.05, 3.63) is 60.2 Å². The summed E-state index contributed by atoms with van der Waals surface area (Å²) >= 11 is 0. The van der Waals surface area contributed by atoms with E-state index in [1.807, 2.05) is 0 Å². The smallest absolute Gasteiger partial charge is 0.396 e. The maximum Gasteiger partial charge on any atom is 0.419 e. The van der Waals surface area contributed by atoms with Crippen LogP contribution in [-0.2, 0) is 11.6 Å². The largest absolute Gasteiger partial charge is 0.419 e. The van der Waals surface area contributed by atoms with Crippen molar-refractivity contribution >= 4 is 33.9 Å². The Morgan fingerprint density at radius 1 is 0.971 bits per heavy atom. The van der Waals surface area contributed by atoms with E-state index in [0.717, 1.165) is 6.07 Å². The molecule has 178 valence electrons. The molecule has 0 aromatic carbocycles. The van der Waals surface area contributed by atoms with Gasteiger partial charge in [-0.25, -0.2) is 15.8 Å². The second kappa shape index (κ2) is 8.37. The van der Waals surface area contributed by atoms with Crippen LogP contribution < -0.4 is 22.3 Å². The van der Waals surface area contributed by atoms with Crippen molar-refractivity contribution in [3.63, 3.8) is 0 Å². The molecular formula is C23H20F3N9. The number of hydrogen-bond donors (Lipinski definition) is 3. The lowest BCUT2D eigenvalue weighted by atomic mass is 9.91.